The fourth-order valence-corrected chi connectivity index (χ4v) is 3.15. The lowest BCUT2D eigenvalue weighted by Gasteiger charge is -2.17. The summed E-state index contributed by atoms with van der Waals surface area (Å²) in [4.78, 5) is 12.4. The number of amides is 1. The zero-order valence-corrected chi connectivity index (χ0v) is 16.0. The molecule has 2 N–H and O–H groups in total. The van der Waals surface area contributed by atoms with Crippen molar-refractivity contribution >= 4 is 18.3 Å². The van der Waals surface area contributed by atoms with Crippen molar-refractivity contribution in [2.45, 2.75) is 12.1 Å². The Labute approximate surface area is 166 Å². The molecule has 3 rings (SSSR count). The summed E-state index contributed by atoms with van der Waals surface area (Å²) in [5.41, 5.74) is 0.294. The number of ether oxygens (including phenoxy) is 1. The number of rotatable bonds is 6. The van der Waals surface area contributed by atoms with Crippen LogP contribution in [0.2, 0.25) is 0 Å². The lowest BCUT2D eigenvalue weighted by molar-refractivity contribution is -0.137. The van der Waals surface area contributed by atoms with Gasteiger partial charge in [0.2, 0.25) is 5.91 Å². The second-order valence-corrected chi connectivity index (χ2v) is 6.48. The first-order chi connectivity index (χ1) is 12.8. The Balaban J connectivity index is 0.00000280. The normalized spacial score (nSPS) is 19.1. The van der Waals surface area contributed by atoms with Crippen LogP contribution in [0.15, 0.2) is 36.7 Å². The molecule has 0 spiro atoms. The number of carbonyl (C=O) groups excluding carboxylic acids is 1. The number of alkyl halides is 3. The third-order valence-electron chi connectivity index (χ3n) is 4.56. The largest absolute Gasteiger partial charge is 0.492 e. The molecule has 28 heavy (non-hydrogen) atoms. The molecule has 0 bridgehead atoms. The quantitative estimate of drug-likeness (QED) is 0.707. The van der Waals surface area contributed by atoms with E-state index in [1.807, 2.05) is 13.2 Å². The number of halogens is 4. The van der Waals surface area contributed by atoms with Gasteiger partial charge in [0, 0.05) is 32.3 Å². The Morgan fingerprint density at radius 1 is 1.32 bits per heavy atom. The maximum absolute atomic E-state index is 12.5. The van der Waals surface area contributed by atoms with E-state index in [1.165, 1.54) is 12.1 Å². The summed E-state index contributed by atoms with van der Waals surface area (Å²) in [6.07, 6.45) is -0.691. The summed E-state index contributed by atoms with van der Waals surface area (Å²) in [5, 5.41) is 10.2. The van der Waals surface area contributed by atoms with E-state index in [1.54, 1.807) is 10.9 Å². The van der Waals surface area contributed by atoms with Gasteiger partial charge in [-0.05, 0) is 29.8 Å². The van der Waals surface area contributed by atoms with Crippen molar-refractivity contribution in [2.24, 2.45) is 13.0 Å². The second-order valence-electron chi connectivity index (χ2n) is 6.48. The van der Waals surface area contributed by atoms with Crippen LogP contribution in [-0.2, 0) is 18.0 Å². The lowest BCUT2D eigenvalue weighted by atomic mass is 9.90. The van der Waals surface area contributed by atoms with Crippen LogP contribution in [0, 0.1) is 5.92 Å². The average molecular weight is 419 g/mol. The van der Waals surface area contributed by atoms with Gasteiger partial charge in [0.1, 0.15) is 12.4 Å². The van der Waals surface area contributed by atoms with Gasteiger partial charge in [0.05, 0.1) is 24.2 Å². The number of hydrogen-bond acceptors (Lipinski definition) is 4. The summed E-state index contributed by atoms with van der Waals surface area (Å²) in [6.45, 7) is 1.75. The standard InChI is InChI=1S/C18H21F3N4O2.ClH/c1-25-11-12(8-24-25)15-9-22-10-16(15)17(26)23-6-7-27-14-4-2-13(3-5-14)18(19,20)21;/h2-5,8,11,15-16,22H,6-7,9-10H2,1H3,(H,23,26);1H/t15-,16+;/m1./s1. The molecule has 1 aromatic carbocycles. The number of aromatic nitrogens is 2. The van der Waals surface area contributed by atoms with Crippen molar-refractivity contribution in [3.8, 4) is 5.75 Å². The van der Waals surface area contributed by atoms with E-state index in [2.05, 4.69) is 15.7 Å². The molecule has 0 saturated carbocycles. The Morgan fingerprint density at radius 2 is 2.04 bits per heavy atom. The van der Waals surface area contributed by atoms with Gasteiger partial charge in [-0.15, -0.1) is 12.4 Å². The van der Waals surface area contributed by atoms with Crippen molar-refractivity contribution in [1.29, 1.82) is 0 Å². The van der Waals surface area contributed by atoms with Crippen molar-refractivity contribution < 1.29 is 22.7 Å². The average Bonchev–Trinajstić information content (AvgIpc) is 3.27. The van der Waals surface area contributed by atoms with Gasteiger partial charge in [-0.2, -0.15) is 18.3 Å². The highest BCUT2D eigenvalue weighted by Gasteiger charge is 2.34. The highest BCUT2D eigenvalue weighted by molar-refractivity contribution is 5.85. The van der Waals surface area contributed by atoms with Gasteiger partial charge < -0.3 is 15.4 Å². The lowest BCUT2D eigenvalue weighted by Crippen LogP contribution is -2.36. The summed E-state index contributed by atoms with van der Waals surface area (Å²) >= 11 is 0. The van der Waals surface area contributed by atoms with Gasteiger partial charge in [0.15, 0.2) is 0 Å². The van der Waals surface area contributed by atoms with Gasteiger partial charge >= 0.3 is 6.18 Å². The van der Waals surface area contributed by atoms with Gasteiger partial charge in [-0.1, -0.05) is 0 Å². The first-order valence-corrected chi connectivity index (χ1v) is 8.61. The fraction of sp³-hybridized carbons (Fsp3) is 0.444. The van der Waals surface area contributed by atoms with E-state index < -0.39 is 11.7 Å². The highest BCUT2D eigenvalue weighted by atomic mass is 35.5. The molecule has 0 aliphatic carbocycles. The maximum atomic E-state index is 12.5. The molecule has 0 unspecified atom stereocenters. The molecular weight excluding hydrogens is 397 g/mol. The minimum absolute atomic E-state index is 0. The molecule has 2 aromatic rings. The van der Waals surface area contributed by atoms with E-state index in [0.717, 1.165) is 17.7 Å². The number of nitrogens with one attached hydrogen (secondary N) is 2. The predicted molar refractivity (Wildman–Crippen MR) is 99.5 cm³/mol. The first kappa shape index (κ1) is 22.0. The van der Waals surface area contributed by atoms with E-state index in [0.29, 0.717) is 18.8 Å². The van der Waals surface area contributed by atoms with Crippen LogP contribution < -0.4 is 15.4 Å². The van der Waals surface area contributed by atoms with Crippen molar-refractivity contribution in [1.82, 2.24) is 20.4 Å². The summed E-state index contributed by atoms with van der Waals surface area (Å²) in [5.74, 6) is 0.118. The number of nitrogens with zero attached hydrogens (tertiary/aromatic N) is 2. The predicted octanol–water partition coefficient (Wildman–Crippen LogP) is 2.36. The highest BCUT2D eigenvalue weighted by Crippen LogP contribution is 2.30. The Morgan fingerprint density at radius 3 is 2.64 bits per heavy atom. The van der Waals surface area contributed by atoms with E-state index in [4.69, 9.17) is 4.74 Å². The van der Waals surface area contributed by atoms with Crippen LogP contribution >= 0.6 is 12.4 Å². The van der Waals surface area contributed by atoms with E-state index in [9.17, 15) is 18.0 Å². The topological polar surface area (TPSA) is 68.2 Å². The van der Waals surface area contributed by atoms with Crippen molar-refractivity contribution in [3.63, 3.8) is 0 Å². The Bertz CT molecular complexity index is 780. The Hall–Kier alpha value is -2.26. The van der Waals surface area contributed by atoms with E-state index >= 15 is 0 Å². The molecule has 10 heteroatoms. The first-order valence-electron chi connectivity index (χ1n) is 8.61. The van der Waals surface area contributed by atoms with E-state index in [-0.39, 0.29) is 43.3 Å². The summed E-state index contributed by atoms with van der Waals surface area (Å²) < 4.78 is 44.7. The van der Waals surface area contributed by atoms with Crippen LogP contribution in [0.3, 0.4) is 0 Å². The van der Waals surface area contributed by atoms with Gasteiger partial charge in [-0.3, -0.25) is 9.48 Å². The summed E-state index contributed by atoms with van der Waals surface area (Å²) in [6, 6.07) is 4.47. The van der Waals surface area contributed by atoms with Gasteiger partial charge in [0.25, 0.3) is 0 Å². The SMILES string of the molecule is Cl.Cn1cc([C@H]2CNC[C@@H]2C(=O)NCCOc2ccc(C(F)(F)F)cc2)cn1. The molecule has 1 aromatic heterocycles. The number of benzene rings is 1. The second kappa shape index (κ2) is 9.29. The van der Waals surface area contributed by atoms with Gasteiger partial charge in [-0.25, -0.2) is 0 Å². The molecule has 1 saturated heterocycles. The third kappa shape index (κ3) is 5.39. The molecule has 1 aliphatic heterocycles. The Kier molecular flexibility index (Phi) is 7.31. The number of carbonyl (C=O) groups is 1. The summed E-state index contributed by atoms with van der Waals surface area (Å²) in [7, 11) is 1.83. The molecule has 154 valence electrons. The molecule has 2 heterocycles. The van der Waals surface area contributed by atoms with Crippen LogP contribution in [0.5, 0.6) is 5.75 Å². The third-order valence-corrected chi connectivity index (χ3v) is 4.56. The molecule has 1 fully saturated rings. The minimum Gasteiger partial charge on any atom is -0.492 e. The van der Waals surface area contributed by atoms with Crippen LogP contribution in [-0.4, -0.2) is 41.9 Å². The molecular formula is C18H22ClF3N4O2. The van der Waals surface area contributed by atoms with Crippen molar-refractivity contribution in [3.05, 3.63) is 47.8 Å². The molecule has 1 aliphatic rings. The monoisotopic (exact) mass is 418 g/mol. The zero-order valence-electron chi connectivity index (χ0n) is 15.2. The molecule has 0 radical (unpaired) electrons. The zero-order chi connectivity index (χ0) is 19.4. The smallest absolute Gasteiger partial charge is 0.416 e. The fourth-order valence-electron chi connectivity index (χ4n) is 3.15. The number of hydrogen-bond donors (Lipinski definition) is 2. The minimum atomic E-state index is -4.37. The molecule has 2 atom stereocenters. The van der Waals surface area contributed by atoms with Crippen molar-refractivity contribution in [2.75, 3.05) is 26.2 Å². The number of aryl methyl sites for hydroxylation is 1. The molecule has 1 amide bonds. The molecule has 6 nitrogen and oxygen atoms in total. The van der Waals surface area contributed by atoms with Crippen LogP contribution in [0.4, 0.5) is 13.2 Å². The van der Waals surface area contributed by atoms with Crippen LogP contribution in [0.1, 0.15) is 17.0 Å². The van der Waals surface area contributed by atoms with Crippen LogP contribution in [0.25, 0.3) is 0 Å². The maximum Gasteiger partial charge on any atom is 0.416 e.